The summed E-state index contributed by atoms with van der Waals surface area (Å²) >= 11 is 2.09. The SMILES string of the molecule is COC(=O)c1cnc2ccc(C#CSI)nc2c1. The average molecular weight is 370 g/mol. The maximum atomic E-state index is 11.4. The lowest BCUT2D eigenvalue weighted by atomic mass is 10.2. The molecule has 0 fully saturated rings. The number of hydrogen-bond acceptors (Lipinski definition) is 5. The van der Waals surface area contributed by atoms with E-state index in [-0.39, 0.29) is 0 Å². The zero-order chi connectivity index (χ0) is 13.0. The molecule has 0 unspecified atom stereocenters. The van der Waals surface area contributed by atoms with Gasteiger partial charge in [0.25, 0.3) is 0 Å². The number of halogens is 1. The molecule has 0 spiro atoms. The Balaban J connectivity index is 2.49. The fraction of sp³-hybridized carbons (Fsp3) is 0.0833. The highest BCUT2D eigenvalue weighted by Crippen LogP contribution is 2.13. The van der Waals surface area contributed by atoms with Gasteiger partial charge in [-0.1, -0.05) is 0 Å². The number of hydrogen-bond donors (Lipinski definition) is 0. The largest absolute Gasteiger partial charge is 0.465 e. The van der Waals surface area contributed by atoms with Gasteiger partial charge in [-0.2, -0.15) is 0 Å². The molecular formula is C12H7IN2O2S. The van der Waals surface area contributed by atoms with E-state index in [1.165, 1.54) is 22.2 Å². The van der Waals surface area contributed by atoms with Crippen LogP contribution in [0.1, 0.15) is 16.1 Å². The van der Waals surface area contributed by atoms with Crippen LogP contribution in [0.3, 0.4) is 0 Å². The lowest BCUT2D eigenvalue weighted by Gasteiger charge is -2.01. The second kappa shape index (κ2) is 6.02. The van der Waals surface area contributed by atoms with Crippen molar-refractivity contribution in [2.24, 2.45) is 0 Å². The number of nitrogens with zero attached hydrogens (tertiary/aromatic N) is 2. The predicted octanol–water partition coefficient (Wildman–Crippen LogP) is 2.81. The molecule has 0 aromatic carbocycles. The summed E-state index contributed by atoms with van der Waals surface area (Å²) in [4.78, 5) is 19.9. The van der Waals surface area contributed by atoms with Crippen LogP contribution >= 0.6 is 30.1 Å². The molecule has 0 atom stereocenters. The second-order valence-corrected chi connectivity index (χ2v) is 4.93. The molecule has 0 amide bonds. The van der Waals surface area contributed by atoms with Gasteiger partial charge in [0, 0.05) is 27.4 Å². The Labute approximate surface area is 120 Å². The minimum atomic E-state index is -0.425. The summed E-state index contributed by atoms with van der Waals surface area (Å²) in [5, 5.41) is 2.86. The van der Waals surface area contributed by atoms with Crippen molar-refractivity contribution in [2.45, 2.75) is 0 Å². The summed E-state index contributed by atoms with van der Waals surface area (Å²) in [6, 6.07) is 5.27. The lowest BCUT2D eigenvalue weighted by molar-refractivity contribution is 0.0600. The van der Waals surface area contributed by atoms with Crippen molar-refractivity contribution in [3.05, 3.63) is 35.7 Å². The number of esters is 1. The van der Waals surface area contributed by atoms with Gasteiger partial charge in [-0.05, 0) is 38.3 Å². The molecular weight excluding hydrogens is 363 g/mol. The molecule has 0 saturated carbocycles. The standard InChI is InChI=1S/C12H7IN2O2S/c1-17-12(16)8-6-11-10(14-7-8)3-2-9(15-11)4-5-18-13/h2-3,6-7H,1H3. The third-order valence-electron chi connectivity index (χ3n) is 2.18. The third-order valence-corrected chi connectivity index (χ3v) is 3.02. The molecule has 2 heterocycles. The van der Waals surface area contributed by atoms with E-state index >= 15 is 0 Å². The smallest absolute Gasteiger partial charge is 0.339 e. The van der Waals surface area contributed by atoms with Gasteiger partial charge in [-0.3, -0.25) is 4.98 Å². The molecule has 0 bridgehead atoms. The fourth-order valence-corrected chi connectivity index (χ4v) is 1.85. The monoisotopic (exact) mass is 370 g/mol. The number of aromatic nitrogens is 2. The first-order valence-electron chi connectivity index (χ1n) is 4.88. The van der Waals surface area contributed by atoms with Crippen LogP contribution in [0.2, 0.25) is 0 Å². The van der Waals surface area contributed by atoms with Crippen LogP contribution in [0.15, 0.2) is 24.4 Å². The van der Waals surface area contributed by atoms with Crippen molar-refractivity contribution in [3.8, 4) is 11.2 Å². The molecule has 4 nitrogen and oxygen atoms in total. The molecule has 0 aliphatic rings. The van der Waals surface area contributed by atoms with Crippen LogP contribution in [0.4, 0.5) is 0 Å². The Bertz CT molecular complexity index is 664. The summed E-state index contributed by atoms with van der Waals surface area (Å²) in [5.74, 6) is 2.47. The number of carbonyl (C=O) groups is 1. The Hall–Kier alpha value is -1.33. The van der Waals surface area contributed by atoms with E-state index < -0.39 is 5.97 Å². The van der Waals surface area contributed by atoms with Gasteiger partial charge in [0.2, 0.25) is 0 Å². The number of carbonyl (C=O) groups excluding carboxylic acids is 1. The summed E-state index contributed by atoms with van der Waals surface area (Å²) in [5.41, 5.74) is 2.37. The normalized spacial score (nSPS) is 9.67. The molecule has 0 N–H and O–H groups in total. The van der Waals surface area contributed by atoms with E-state index in [1.54, 1.807) is 12.1 Å². The van der Waals surface area contributed by atoms with Crippen molar-refractivity contribution >= 4 is 47.1 Å². The Morgan fingerprint density at radius 1 is 1.44 bits per heavy atom. The van der Waals surface area contributed by atoms with Crippen molar-refractivity contribution in [1.29, 1.82) is 0 Å². The molecule has 90 valence electrons. The van der Waals surface area contributed by atoms with Gasteiger partial charge in [-0.15, -0.1) is 0 Å². The fourth-order valence-electron chi connectivity index (χ4n) is 1.38. The summed E-state index contributed by atoms with van der Waals surface area (Å²) < 4.78 is 4.64. The summed E-state index contributed by atoms with van der Waals surface area (Å²) in [7, 11) is 2.73. The summed E-state index contributed by atoms with van der Waals surface area (Å²) in [6.07, 6.45) is 1.47. The Kier molecular flexibility index (Phi) is 4.38. The van der Waals surface area contributed by atoms with Crippen LogP contribution < -0.4 is 0 Å². The topological polar surface area (TPSA) is 52.1 Å². The summed E-state index contributed by atoms with van der Waals surface area (Å²) in [6.45, 7) is 0. The lowest BCUT2D eigenvalue weighted by Crippen LogP contribution is -2.02. The molecule has 0 aliphatic heterocycles. The highest BCUT2D eigenvalue weighted by Gasteiger charge is 2.07. The van der Waals surface area contributed by atoms with Gasteiger partial charge in [-0.25, -0.2) is 9.78 Å². The van der Waals surface area contributed by atoms with Gasteiger partial charge in [0.1, 0.15) is 5.69 Å². The quantitative estimate of drug-likeness (QED) is 0.439. The van der Waals surface area contributed by atoms with Gasteiger partial charge >= 0.3 is 5.97 Å². The second-order valence-electron chi connectivity index (χ2n) is 3.25. The molecule has 18 heavy (non-hydrogen) atoms. The minimum Gasteiger partial charge on any atom is -0.465 e. The zero-order valence-electron chi connectivity index (χ0n) is 9.31. The van der Waals surface area contributed by atoms with E-state index in [2.05, 4.69) is 47.1 Å². The molecule has 2 aromatic heterocycles. The van der Waals surface area contributed by atoms with Gasteiger partial charge in [0.15, 0.2) is 0 Å². The highest BCUT2D eigenvalue weighted by molar-refractivity contribution is 14.2. The van der Waals surface area contributed by atoms with Crippen molar-refractivity contribution in [2.75, 3.05) is 7.11 Å². The first-order chi connectivity index (χ1) is 8.74. The molecule has 0 radical (unpaired) electrons. The van der Waals surface area contributed by atoms with Crippen molar-refractivity contribution in [1.82, 2.24) is 9.97 Å². The molecule has 0 aliphatic carbocycles. The van der Waals surface area contributed by atoms with Crippen LogP contribution in [0, 0.1) is 11.2 Å². The number of fused-ring (bicyclic) bond motifs is 1. The average Bonchev–Trinajstić information content (AvgIpc) is 2.43. The Morgan fingerprint density at radius 3 is 3.00 bits per heavy atom. The van der Waals surface area contributed by atoms with Crippen LogP contribution in [-0.4, -0.2) is 23.0 Å². The van der Waals surface area contributed by atoms with Gasteiger partial charge < -0.3 is 4.74 Å². The Morgan fingerprint density at radius 2 is 2.28 bits per heavy atom. The third kappa shape index (κ3) is 2.91. The van der Waals surface area contributed by atoms with E-state index in [9.17, 15) is 4.79 Å². The maximum absolute atomic E-state index is 11.4. The van der Waals surface area contributed by atoms with E-state index in [0.29, 0.717) is 16.8 Å². The van der Waals surface area contributed by atoms with Crippen LogP contribution in [0.5, 0.6) is 0 Å². The van der Waals surface area contributed by atoms with Crippen LogP contribution in [-0.2, 0) is 4.74 Å². The van der Waals surface area contributed by atoms with Crippen LogP contribution in [0.25, 0.3) is 11.0 Å². The molecule has 2 aromatic rings. The van der Waals surface area contributed by atoms with E-state index in [4.69, 9.17) is 0 Å². The maximum Gasteiger partial charge on any atom is 0.339 e. The van der Waals surface area contributed by atoms with Gasteiger partial charge in [0.05, 0.1) is 23.7 Å². The molecule has 6 heteroatoms. The zero-order valence-corrected chi connectivity index (χ0v) is 12.3. The number of methoxy groups -OCH3 is 1. The number of pyridine rings is 2. The van der Waals surface area contributed by atoms with E-state index in [0.717, 1.165) is 5.52 Å². The molecule has 2 rings (SSSR count). The first kappa shape index (κ1) is 13.1. The minimum absolute atomic E-state index is 0.380. The first-order valence-corrected chi connectivity index (χ1v) is 8.24. The van der Waals surface area contributed by atoms with Crippen molar-refractivity contribution < 1.29 is 9.53 Å². The molecule has 0 saturated heterocycles. The number of rotatable bonds is 1. The van der Waals surface area contributed by atoms with E-state index in [1.807, 2.05) is 6.07 Å². The number of ether oxygens (including phenoxy) is 1. The predicted molar refractivity (Wildman–Crippen MR) is 79.4 cm³/mol. The van der Waals surface area contributed by atoms with Crippen molar-refractivity contribution in [3.63, 3.8) is 0 Å². The highest BCUT2D eigenvalue weighted by atomic mass is 127.